The van der Waals surface area contributed by atoms with Crippen LogP contribution in [0.4, 0.5) is 0 Å². The van der Waals surface area contributed by atoms with Crippen LogP contribution in [-0.4, -0.2) is 19.1 Å². The lowest BCUT2D eigenvalue weighted by atomic mass is 9.96. The Kier molecular flexibility index (Phi) is 6.80. The Hall–Kier alpha value is -2.53. The number of benzene rings is 2. The summed E-state index contributed by atoms with van der Waals surface area (Å²) in [6.45, 7) is 9.12. The molecule has 0 unspecified atom stereocenters. The maximum Gasteiger partial charge on any atom is 0.244 e. The number of carbonyl (C=O) groups is 1. The summed E-state index contributed by atoms with van der Waals surface area (Å²) >= 11 is 3.48. The Bertz CT molecular complexity index is 1050. The lowest BCUT2D eigenvalue weighted by Crippen LogP contribution is -2.21. The molecule has 0 saturated carbocycles. The second kappa shape index (κ2) is 9.31. The van der Waals surface area contributed by atoms with E-state index in [0.29, 0.717) is 13.2 Å². The van der Waals surface area contributed by atoms with E-state index in [2.05, 4.69) is 39.4 Å². The molecule has 4 nitrogen and oxygen atoms in total. The Morgan fingerprint density at radius 3 is 2.62 bits per heavy atom. The first-order chi connectivity index (χ1) is 14.0. The number of ether oxygens (including phenoxy) is 1. The number of rotatable bonds is 7. The van der Waals surface area contributed by atoms with Gasteiger partial charge in [0.25, 0.3) is 0 Å². The van der Waals surface area contributed by atoms with Crippen LogP contribution in [0.5, 0.6) is 5.75 Å². The first-order valence-corrected chi connectivity index (χ1v) is 10.7. The van der Waals surface area contributed by atoms with Crippen molar-refractivity contribution in [3.05, 3.63) is 58.3 Å². The van der Waals surface area contributed by atoms with Crippen molar-refractivity contribution in [2.45, 2.75) is 34.1 Å². The summed E-state index contributed by atoms with van der Waals surface area (Å²) in [5.74, 6) is 0.665. The fraction of sp³-hybridized carbons (Fsp3) is 0.292. The molecule has 152 valence electrons. The van der Waals surface area contributed by atoms with E-state index in [1.165, 1.54) is 0 Å². The molecule has 0 aliphatic carbocycles. The molecule has 1 aromatic heterocycles. The highest BCUT2D eigenvalue weighted by molar-refractivity contribution is 9.10. The van der Waals surface area contributed by atoms with Crippen LogP contribution in [0.15, 0.2) is 51.6 Å². The highest BCUT2D eigenvalue weighted by Crippen LogP contribution is 2.40. The van der Waals surface area contributed by atoms with Crippen molar-refractivity contribution in [1.29, 1.82) is 0 Å². The van der Waals surface area contributed by atoms with Gasteiger partial charge in [-0.1, -0.05) is 35.0 Å². The average Bonchev–Trinajstić information content (AvgIpc) is 3.13. The second-order valence-corrected chi connectivity index (χ2v) is 7.88. The van der Waals surface area contributed by atoms with Gasteiger partial charge in [-0.15, -0.1) is 0 Å². The fourth-order valence-corrected chi connectivity index (χ4v) is 3.63. The van der Waals surface area contributed by atoms with Crippen LogP contribution in [0.2, 0.25) is 0 Å². The number of halogens is 1. The number of allylic oxidation sites excluding steroid dienone is 1. The fourth-order valence-electron chi connectivity index (χ4n) is 3.37. The Balaban J connectivity index is 2.15. The lowest BCUT2D eigenvalue weighted by molar-refractivity contribution is -0.116. The van der Waals surface area contributed by atoms with Crippen LogP contribution in [0.3, 0.4) is 0 Å². The molecule has 3 rings (SSSR count). The van der Waals surface area contributed by atoms with Crippen LogP contribution >= 0.6 is 15.9 Å². The maximum atomic E-state index is 12.2. The van der Waals surface area contributed by atoms with Crippen LogP contribution in [0.25, 0.3) is 27.7 Å². The SMILES string of the molecule is CCCNC(=O)/C=C(\C)c1cc2c(-c3ccc(Br)cc3)coc2c(C)c1OCC. The summed E-state index contributed by atoms with van der Waals surface area (Å²) in [5.41, 5.74) is 5.59. The molecule has 1 N–H and O–H groups in total. The van der Waals surface area contributed by atoms with Crippen molar-refractivity contribution in [2.24, 2.45) is 0 Å². The molecule has 0 spiro atoms. The predicted octanol–water partition coefficient (Wildman–Crippen LogP) is 6.50. The molecule has 0 bridgehead atoms. The number of aryl methyl sites for hydroxylation is 1. The molecular weight excluding hydrogens is 430 g/mol. The van der Waals surface area contributed by atoms with Gasteiger partial charge in [0.15, 0.2) is 0 Å². The number of furan rings is 1. The summed E-state index contributed by atoms with van der Waals surface area (Å²) in [5, 5.41) is 3.90. The minimum absolute atomic E-state index is 0.0927. The number of fused-ring (bicyclic) bond motifs is 1. The molecule has 29 heavy (non-hydrogen) atoms. The van der Waals surface area contributed by atoms with E-state index in [1.807, 2.05) is 39.8 Å². The predicted molar refractivity (Wildman–Crippen MR) is 122 cm³/mol. The normalized spacial score (nSPS) is 11.7. The minimum atomic E-state index is -0.0927. The average molecular weight is 456 g/mol. The number of nitrogens with one attached hydrogen (secondary N) is 1. The van der Waals surface area contributed by atoms with Gasteiger partial charge < -0.3 is 14.5 Å². The van der Waals surface area contributed by atoms with Crippen LogP contribution < -0.4 is 10.1 Å². The third kappa shape index (κ3) is 4.56. The minimum Gasteiger partial charge on any atom is -0.493 e. The molecule has 0 fully saturated rings. The summed E-state index contributed by atoms with van der Waals surface area (Å²) in [7, 11) is 0. The largest absolute Gasteiger partial charge is 0.493 e. The maximum absolute atomic E-state index is 12.2. The van der Waals surface area contributed by atoms with Gasteiger partial charge >= 0.3 is 0 Å². The van der Waals surface area contributed by atoms with Crippen molar-refractivity contribution < 1.29 is 13.9 Å². The third-order valence-electron chi connectivity index (χ3n) is 4.81. The zero-order valence-corrected chi connectivity index (χ0v) is 18.9. The Morgan fingerprint density at radius 2 is 1.97 bits per heavy atom. The molecular formula is C24H26BrNO3. The molecule has 0 radical (unpaired) electrons. The van der Waals surface area contributed by atoms with Gasteiger partial charge in [-0.2, -0.15) is 0 Å². The number of hydrogen-bond donors (Lipinski definition) is 1. The third-order valence-corrected chi connectivity index (χ3v) is 5.34. The molecule has 5 heteroatoms. The topological polar surface area (TPSA) is 51.5 Å². The summed E-state index contributed by atoms with van der Waals surface area (Å²) in [6.07, 6.45) is 4.32. The molecule has 0 aliphatic rings. The van der Waals surface area contributed by atoms with Gasteiger partial charge in [-0.3, -0.25) is 4.79 Å². The monoisotopic (exact) mass is 455 g/mol. The van der Waals surface area contributed by atoms with Crippen molar-refractivity contribution in [1.82, 2.24) is 5.32 Å². The molecule has 0 aliphatic heterocycles. The van der Waals surface area contributed by atoms with E-state index in [-0.39, 0.29) is 5.91 Å². The summed E-state index contributed by atoms with van der Waals surface area (Å²) in [6, 6.07) is 10.2. The second-order valence-electron chi connectivity index (χ2n) is 6.96. The molecule has 2 aromatic carbocycles. The van der Waals surface area contributed by atoms with Crippen LogP contribution in [0.1, 0.15) is 38.3 Å². The Labute approximate surface area is 180 Å². The van der Waals surface area contributed by atoms with Crippen LogP contribution in [0, 0.1) is 6.92 Å². The van der Waals surface area contributed by atoms with E-state index in [0.717, 1.165) is 55.4 Å². The summed E-state index contributed by atoms with van der Waals surface area (Å²) in [4.78, 5) is 12.2. The number of carbonyl (C=O) groups excluding carboxylic acids is 1. The standard InChI is InChI=1S/C24H26BrNO3/c1-5-11-26-22(27)12-15(3)19-13-20-21(17-7-9-18(25)10-8-17)14-29-24(20)16(4)23(19)28-6-2/h7-10,12-14H,5-6,11H2,1-4H3,(H,26,27)/b15-12+. The van der Waals surface area contributed by atoms with Gasteiger partial charge in [0.1, 0.15) is 11.3 Å². The lowest BCUT2D eigenvalue weighted by Gasteiger charge is -2.15. The van der Waals surface area contributed by atoms with Gasteiger partial charge in [0, 0.05) is 39.2 Å². The first kappa shape index (κ1) is 21.2. The number of hydrogen-bond acceptors (Lipinski definition) is 3. The molecule has 1 amide bonds. The van der Waals surface area contributed by atoms with Gasteiger partial charge in [-0.05, 0) is 56.5 Å². The van der Waals surface area contributed by atoms with E-state index in [4.69, 9.17) is 9.15 Å². The first-order valence-electron chi connectivity index (χ1n) is 9.86. The van der Waals surface area contributed by atoms with Gasteiger partial charge in [0.05, 0.1) is 12.9 Å². The molecule has 0 atom stereocenters. The summed E-state index contributed by atoms with van der Waals surface area (Å²) < 4.78 is 12.9. The van der Waals surface area contributed by atoms with E-state index in [1.54, 1.807) is 12.3 Å². The van der Waals surface area contributed by atoms with E-state index < -0.39 is 0 Å². The number of amides is 1. The van der Waals surface area contributed by atoms with Gasteiger partial charge in [0.2, 0.25) is 5.91 Å². The van der Waals surface area contributed by atoms with Crippen molar-refractivity contribution in [3.63, 3.8) is 0 Å². The highest BCUT2D eigenvalue weighted by Gasteiger charge is 2.19. The zero-order chi connectivity index (χ0) is 21.0. The quantitative estimate of drug-likeness (QED) is 0.413. The molecule has 1 heterocycles. The van der Waals surface area contributed by atoms with Crippen molar-refractivity contribution in [2.75, 3.05) is 13.2 Å². The van der Waals surface area contributed by atoms with E-state index in [9.17, 15) is 4.79 Å². The smallest absolute Gasteiger partial charge is 0.244 e. The zero-order valence-electron chi connectivity index (χ0n) is 17.3. The molecule has 3 aromatic rings. The van der Waals surface area contributed by atoms with E-state index >= 15 is 0 Å². The van der Waals surface area contributed by atoms with Gasteiger partial charge in [-0.25, -0.2) is 0 Å². The van der Waals surface area contributed by atoms with Crippen LogP contribution in [-0.2, 0) is 4.79 Å². The van der Waals surface area contributed by atoms with Crippen molar-refractivity contribution >= 4 is 38.4 Å². The Morgan fingerprint density at radius 1 is 1.24 bits per heavy atom. The molecule has 0 saturated heterocycles. The highest BCUT2D eigenvalue weighted by atomic mass is 79.9. The van der Waals surface area contributed by atoms with Crippen molar-refractivity contribution in [3.8, 4) is 16.9 Å².